The van der Waals surface area contributed by atoms with E-state index in [1.807, 2.05) is 6.92 Å². The molecule has 0 saturated carbocycles. The maximum Gasteiger partial charge on any atom is 0.295 e. The highest BCUT2D eigenvalue weighted by Gasteiger charge is 2.25. The van der Waals surface area contributed by atoms with Crippen molar-refractivity contribution in [3.8, 4) is 17.0 Å². The van der Waals surface area contributed by atoms with E-state index < -0.39 is 17.3 Å². The first-order valence-corrected chi connectivity index (χ1v) is 10.2. The monoisotopic (exact) mass is 454 g/mol. The number of anilines is 1. The zero-order chi connectivity index (χ0) is 23.2. The number of carbonyl (C=O) groups excluding carboxylic acids is 1. The summed E-state index contributed by atoms with van der Waals surface area (Å²) < 4.78 is 22.4. The summed E-state index contributed by atoms with van der Waals surface area (Å²) in [6.45, 7) is 5.25. The van der Waals surface area contributed by atoms with Gasteiger partial charge in [-0.15, -0.1) is 0 Å². The number of benzene rings is 2. The Bertz CT molecular complexity index is 1420. The lowest BCUT2D eigenvalue weighted by molar-refractivity contribution is 0.101. The number of nitrogens with one attached hydrogen (secondary N) is 1. The summed E-state index contributed by atoms with van der Waals surface area (Å²) in [6.07, 6.45) is 0. The van der Waals surface area contributed by atoms with Gasteiger partial charge >= 0.3 is 0 Å². The van der Waals surface area contributed by atoms with E-state index in [9.17, 15) is 14.0 Å². The Morgan fingerprint density at radius 2 is 1.88 bits per heavy atom. The van der Waals surface area contributed by atoms with Gasteiger partial charge in [-0.1, -0.05) is 28.9 Å². The molecule has 32 heavy (non-hydrogen) atoms. The largest absolute Gasteiger partial charge is 0.355 e. The van der Waals surface area contributed by atoms with E-state index in [0.29, 0.717) is 22.0 Å². The third-order valence-electron chi connectivity index (χ3n) is 5.44. The quantitative estimate of drug-likeness (QED) is 0.480. The lowest BCUT2D eigenvalue weighted by Crippen LogP contribution is -2.24. The minimum absolute atomic E-state index is 0.0346. The second kappa shape index (κ2) is 8.12. The second-order valence-electron chi connectivity index (χ2n) is 7.45. The van der Waals surface area contributed by atoms with Crippen molar-refractivity contribution in [2.24, 2.45) is 7.05 Å². The third-order valence-corrected chi connectivity index (χ3v) is 5.68. The van der Waals surface area contributed by atoms with Crippen LogP contribution < -0.4 is 10.9 Å². The van der Waals surface area contributed by atoms with Crippen molar-refractivity contribution in [1.29, 1.82) is 0 Å². The van der Waals surface area contributed by atoms with Crippen molar-refractivity contribution >= 4 is 23.2 Å². The van der Waals surface area contributed by atoms with E-state index in [4.69, 9.17) is 16.1 Å². The Morgan fingerprint density at radius 3 is 2.56 bits per heavy atom. The van der Waals surface area contributed by atoms with E-state index in [1.165, 1.54) is 27.6 Å². The molecule has 0 radical (unpaired) electrons. The van der Waals surface area contributed by atoms with Gasteiger partial charge in [-0.25, -0.2) is 9.07 Å². The van der Waals surface area contributed by atoms with Crippen molar-refractivity contribution in [3.63, 3.8) is 0 Å². The molecule has 0 spiro atoms. The molecule has 9 heteroatoms. The van der Waals surface area contributed by atoms with Crippen LogP contribution in [0.5, 0.6) is 0 Å². The van der Waals surface area contributed by atoms with Gasteiger partial charge in [-0.05, 0) is 56.7 Å². The van der Waals surface area contributed by atoms with Crippen LogP contribution in [-0.2, 0) is 7.05 Å². The molecule has 0 aliphatic rings. The molecule has 7 nitrogen and oxygen atoms in total. The third kappa shape index (κ3) is 3.52. The van der Waals surface area contributed by atoms with Crippen molar-refractivity contribution in [2.45, 2.75) is 20.8 Å². The summed E-state index contributed by atoms with van der Waals surface area (Å²) in [6, 6.07) is 11.2. The molecule has 4 aromatic rings. The predicted octanol–water partition coefficient (Wildman–Crippen LogP) is 4.80. The number of hydrogen-bond acceptors (Lipinski definition) is 4. The zero-order valence-corrected chi connectivity index (χ0v) is 18.6. The molecule has 164 valence electrons. The molecular formula is C23H20ClFN4O3. The van der Waals surface area contributed by atoms with E-state index in [0.717, 1.165) is 11.1 Å². The summed E-state index contributed by atoms with van der Waals surface area (Å²) in [4.78, 5) is 26.0. The van der Waals surface area contributed by atoms with Crippen LogP contribution in [0.4, 0.5) is 10.1 Å². The molecule has 0 bridgehead atoms. The average Bonchev–Trinajstić information content (AvgIpc) is 3.22. The molecule has 1 amide bonds. The summed E-state index contributed by atoms with van der Waals surface area (Å²) in [5, 5.41) is 7.12. The number of halogens is 2. The van der Waals surface area contributed by atoms with Crippen LogP contribution in [0.15, 0.2) is 51.8 Å². The van der Waals surface area contributed by atoms with Gasteiger partial charge < -0.3 is 9.84 Å². The fourth-order valence-corrected chi connectivity index (χ4v) is 3.83. The lowest BCUT2D eigenvalue weighted by Gasteiger charge is -2.08. The molecule has 1 N–H and O–H groups in total. The SMILES string of the molecule is Cc1cc(Cl)ccc1-c1onc(C(=O)Nc2c(C)n(C)n(-c3ccccc3F)c2=O)c1C. The smallest absolute Gasteiger partial charge is 0.295 e. The molecule has 0 unspecified atom stereocenters. The highest BCUT2D eigenvalue weighted by atomic mass is 35.5. The van der Waals surface area contributed by atoms with Gasteiger partial charge in [-0.2, -0.15) is 0 Å². The van der Waals surface area contributed by atoms with Gasteiger partial charge in [-0.3, -0.25) is 14.3 Å². The molecule has 2 heterocycles. The maximum absolute atomic E-state index is 14.3. The lowest BCUT2D eigenvalue weighted by atomic mass is 10.0. The molecule has 0 atom stereocenters. The van der Waals surface area contributed by atoms with Gasteiger partial charge in [0.2, 0.25) is 0 Å². The minimum Gasteiger partial charge on any atom is -0.355 e. The van der Waals surface area contributed by atoms with Crippen molar-refractivity contribution in [1.82, 2.24) is 14.5 Å². The first kappa shape index (κ1) is 21.6. The number of aryl methyl sites for hydroxylation is 1. The van der Waals surface area contributed by atoms with E-state index in [-0.39, 0.29) is 17.1 Å². The van der Waals surface area contributed by atoms with Crippen LogP contribution in [-0.4, -0.2) is 20.4 Å². The van der Waals surface area contributed by atoms with Crippen LogP contribution in [0.25, 0.3) is 17.0 Å². The highest BCUT2D eigenvalue weighted by Crippen LogP contribution is 2.30. The zero-order valence-electron chi connectivity index (χ0n) is 17.9. The topological polar surface area (TPSA) is 82.1 Å². The number of nitrogens with zero attached hydrogens (tertiary/aromatic N) is 3. The first-order valence-electron chi connectivity index (χ1n) is 9.78. The van der Waals surface area contributed by atoms with Gasteiger partial charge in [0.15, 0.2) is 11.5 Å². The molecule has 2 aromatic heterocycles. The molecular weight excluding hydrogens is 435 g/mol. The Morgan fingerprint density at radius 1 is 1.16 bits per heavy atom. The molecule has 0 fully saturated rings. The van der Waals surface area contributed by atoms with E-state index >= 15 is 0 Å². The number of amides is 1. The number of para-hydroxylation sites is 1. The Hall–Kier alpha value is -3.65. The summed E-state index contributed by atoms with van der Waals surface area (Å²) >= 11 is 6.02. The van der Waals surface area contributed by atoms with Gasteiger partial charge in [0.05, 0.1) is 5.69 Å². The summed E-state index contributed by atoms with van der Waals surface area (Å²) in [7, 11) is 1.61. The minimum atomic E-state index is -0.601. The summed E-state index contributed by atoms with van der Waals surface area (Å²) in [5.41, 5.74) is 2.23. The van der Waals surface area contributed by atoms with Crippen LogP contribution in [0.3, 0.4) is 0 Å². The standard InChI is InChI=1S/C23H20ClFN4O3/c1-12-11-15(24)9-10-16(12)21-13(2)19(27-32-21)22(30)26-20-14(3)28(4)29(23(20)31)18-8-6-5-7-17(18)25/h5-11H,1-4H3,(H,26,30). The fraction of sp³-hybridized carbons (Fsp3) is 0.174. The molecule has 4 rings (SSSR count). The van der Waals surface area contributed by atoms with Crippen LogP contribution >= 0.6 is 11.6 Å². The number of hydrogen-bond donors (Lipinski definition) is 1. The molecule has 0 aliphatic carbocycles. The predicted molar refractivity (Wildman–Crippen MR) is 120 cm³/mol. The van der Waals surface area contributed by atoms with Crippen molar-refractivity contribution < 1.29 is 13.7 Å². The average molecular weight is 455 g/mol. The number of aromatic nitrogens is 3. The van der Waals surface area contributed by atoms with Crippen LogP contribution in [0.2, 0.25) is 5.02 Å². The van der Waals surface area contributed by atoms with Gasteiger partial charge in [0.1, 0.15) is 17.2 Å². The number of carbonyl (C=O) groups is 1. The number of rotatable bonds is 4. The van der Waals surface area contributed by atoms with Crippen LogP contribution in [0.1, 0.15) is 27.3 Å². The van der Waals surface area contributed by atoms with E-state index in [2.05, 4.69) is 10.5 Å². The summed E-state index contributed by atoms with van der Waals surface area (Å²) in [5.74, 6) is -0.711. The molecule has 0 saturated heterocycles. The molecule has 2 aromatic carbocycles. The highest BCUT2D eigenvalue weighted by molar-refractivity contribution is 6.30. The second-order valence-corrected chi connectivity index (χ2v) is 7.89. The van der Waals surface area contributed by atoms with Gasteiger partial charge in [0, 0.05) is 23.2 Å². The van der Waals surface area contributed by atoms with Crippen LogP contribution in [0, 0.1) is 26.6 Å². The normalized spacial score (nSPS) is 11.1. The Balaban J connectivity index is 1.71. The Labute approximate surface area is 188 Å². The van der Waals surface area contributed by atoms with Crippen molar-refractivity contribution in [3.05, 3.63) is 86.2 Å². The Kier molecular flexibility index (Phi) is 5.48. The maximum atomic E-state index is 14.3. The van der Waals surface area contributed by atoms with Gasteiger partial charge in [0.25, 0.3) is 11.5 Å². The molecule has 0 aliphatic heterocycles. The first-order chi connectivity index (χ1) is 15.2. The fourth-order valence-electron chi connectivity index (χ4n) is 3.60. The van der Waals surface area contributed by atoms with Crippen molar-refractivity contribution in [2.75, 3.05) is 5.32 Å². The van der Waals surface area contributed by atoms with E-state index in [1.54, 1.807) is 45.2 Å².